The lowest BCUT2D eigenvalue weighted by atomic mass is 9.90. The molecule has 2 heterocycles. The quantitative estimate of drug-likeness (QED) is 0.496. The second kappa shape index (κ2) is 6.97. The molecule has 2 amide bonds. The summed E-state index contributed by atoms with van der Waals surface area (Å²) in [6.07, 6.45) is 5.15. The average Bonchev–Trinajstić information content (AvgIpc) is 2.63. The Labute approximate surface area is 163 Å². The second-order valence-electron chi connectivity index (χ2n) is 7.26. The van der Waals surface area contributed by atoms with Crippen LogP contribution >= 0.6 is 11.6 Å². The summed E-state index contributed by atoms with van der Waals surface area (Å²) in [7, 11) is 0. The molecule has 1 aliphatic carbocycles. The smallest absolute Gasteiger partial charge is 0.290 e. The van der Waals surface area contributed by atoms with Crippen molar-refractivity contribution in [1.29, 1.82) is 0 Å². The first-order chi connectivity index (χ1) is 13.0. The summed E-state index contributed by atoms with van der Waals surface area (Å²) >= 11 is 6.12. The highest BCUT2D eigenvalue weighted by atomic mass is 35.5. The maximum atomic E-state index is 14.6. The third-order valence-corrected chi connectivity index (χ3v) is 5.65. The number of urea groups is 1. The maximum Gasteiger partial charge on any atom is 0.329 e. The second-order valence-corrected chi connectivity index (χ2v) is 7.65. The molecule has 0 atom stereocenters. The molecule has 1 saturated carbocycles. The van der Waals surface area contributed by atoms with Gasteiger partial charge >= 0.3 is 6.03 Å². The van der Waals surface area contributed by atoms with E-state index >= 15 is 0 Å². The number of pyridine rings is 1. The number of hydrogen-bond acceptors (Lipinski definition) is 2. The van der Waals surface area contributed by atoms with E-state index in [9.17, 15) is 9.18 Å². The summed E-state index contributed by atoms with van der Waals surface area (Å²) in [5.41, 5.74) is 3.92. The molecule has 1 aromatic heterocycles. The van der Waals surface area contributed by atoms with Gasteiger partial charge in [0.1, 0.15) is 11.0 Å². The molecule has 0 bridgehead atoms. The number of aryl methyl sites for hydroxylation is 1. The van der Waals surface area contributed by atoms with Gasteiger partial charge in [0, 0.05) is 17.8 Å². The minimum atomic E-state index is -0.398. The minimum absolute atomic E-state index is 0.0371. The predicted molar refractivity (Wildman–Crippen MR) is 106 cm³/mol. The topological polar surface area (TPSA) is 36.4 Å². The first-order valence-electron chi connectivity index (χ1n) is 9.12. The van der Waals surface area contributed by atoms with Crippen molar-refractivity contribution in [2.75, 3.05) is 9.80 Å². The molecule has 0 N–H and O–H groups in total. The molecule has 0 spiro atoms. The Bertz CT molecular complexity index is 899. The van der Waals surface area contributed by atoms with Crippen molar-refractivity contribution in [3.05, 3.63) is 64.7 Å². The number of nitrogens with zero attached hydrogens (tertiary/aromatic N) is 3. The standard InChI is InChI=1S/C21H21ClFN3O/c1-13-6-8-16(9-7-13)26-18-10-19(22)24-11-15(18)12-25(21(26)27)20-14(2)4-3-5-17(20)23/h3-5,10-11,16H,1,6-9,12H2,2H3. The van der Waals surface area contributed by atoms with Crippen molar-refractivity contribution >= 4 is 29.0 Å². The molecule has 140 valence electrons. The number of anilines is 2. The van der Waals surface area contributed by atoms with Gasteiger partial charge in [0.25, 0.3) is 0 Å². The number of carbonyl (C=O) groups is 1. The third kappa shape index (κ3) is 3.21. The number of hydrogen-bond donors (Lipinski definition) is 0. The Kier molecular flexibility index (Phi) is 4.64. The van der Waals surface area contributed by atoms with Gasteiger partial charge in [-0.1, -0.05) is 35.9 Å². The van der Waals surface area contributed by atoms with Crippen molar-refractivity contribution in [3.8, 4) is 0 Å². The zero-order chi connectivity index (χ0) is 19.1. The molecule has 4 rings (SSSR count). The zero-order valence-electron chi connectivity index (χ0n) is 15.2. The number of carbonyl (C=O) groups excluding carboxylic acids is 1. The molecule has 1 aliphatic heterocycles. The highest BCUT2D eigenvalue weighted by molar-refractivity contribution is 6.29. The van der Waals surface area contributed by atoms with E-state index in [4.69, 9.17) is 11.6 Å². The zero-order valence-corrected chi connectivity index (χ0v) is 16.0. The molecule has 0 radical (unpaired) electrons. The van der Waals surface area contributed by atoms with E-state index in [1.165, 1.54) is 16.5 Å². The Morgan fingerprint density at radius 1 is 1.30 bits per heavy atom. The highest BCUT2D eigenvalue weighted by Crippen LogP contribution is 2.39. The summed E-state index contributed by atoms with van der Waals surface area (Å²) in [6.45, 7) is 6.15. The Balaban J connectivity index is 1.80. The summed E-state index contributed by atoms with van der Waals surface area (Å²) in [4.78, 5) is 21.0. The highest BCUT2D eigenvalue weighted by Gasteiger charge is 2.38. The van der Waals surface area contributed by atoms with Gasteiger partial charge < -0.3 is 0 Å². The molecule has 2 aromatic rings. The van der Waals surface area contributed by atoms with Crippen molar-refractivity contribution in [2.45, 2.75) is 45.2 Å². The number of halogens is 2. The van der Waals surface area contributed by atoms with Gasteiger partial charge in [-0.05, 0) is 50.3 Å². The lowest BCUT2D eigenvalue weighted by Gasteiger charge is -2.43. The summed E-state index contributed by atoms with van der Waals surface area (Å²) in [5, 5.41) is 0.349. The fraction of sp³-hybridized carbons (Fsp3) is 0.333. The summed E-state index contributed by atoms with van der Waals surface area (Å²) in [5.74, 6) is -0.398. The van der Waals surface area contributed by atoms with Crippen LogP contribution in [0.3, 0.4) is 0 Å². The van der Waals surface area contributed by atoms with Crippen LogP contribution in [0.5, 0.6) is 0 Å². The van der Waals surface area contributed by atoms with Crippen LogP contribution in [0, 0.1) is 12.7 Å². The molecular formula is C21H21ClFN3O. The van der Waals surface area contributed by atoms with E-state index < -0.39 is 5.82 Å². The van der Waals surface area contributed by atoms with E-state index in [-0.39, 0.29) is 18.6 Å². The summed E-state index contributed by atoms with van der Waals surface area (Å²) in [6, 6.07) is 6.42. The van der Waals surface area contributed by atoms with Crippen molar-refractivity contribution < 1.29 is 9.18 Å². The van der Waals surface area contributed by atoms with Gasteiger partial charge in [-0.3, -0.25) is 9.80 Å². The van der Waals surface area contributed by atoms with Gasteiger partial charge in [-0.2, -0.15) is 0 Å². The molecule has 27 heavy (non-hydrogen) atoms. The van der Waals surface area contributed by atoms with Crippen LogP contribution in [0.4, 0.5) is 20.6 Å². The van der Waals surface area contributed by atoms with Gasteiger partial charge in [0.05, 0.1) is 17.9 Å². The van der Waals surface area contributed by atoms with Crippen molar-refractivity contribution in [3.63, 3.8) is 0 Å². The first kappa shape index (κ1) is 18.0. The van der Waals surface area contributed by atoms with Crippen LogP contribution in [-0.2, 0) is 6.54 Å². The number of para-hydroxylation sites is 1. The summed E-state index contributed by atoms with van der Waals surface area (Å²) < 4.78 is 14.6. The van der Waals surface area contributed by atoms with Crippen LogP contribution in [0.25, 0.3) is 0 Å². The predicted octanol–water partition coefficient (Wildman–Crippen LogP) is 5.63. The molecule has 0 unspecified atom stereocenters. The Hall–Kier alpha value is -2.40. The van der Waals surface area contributed by atoms with Gasteiger partial charge in [0.15, 0.2) is 0 Å². The van der Waals surface area contributed by atoms with Gasteiger partial charge in [-0.15, -0.1) is 0 Å². The van der Waals surface area contributed by atoms with E-state index in [1.54, 1.807) is 23.2 Å². The number of aromatic nitrogens is 1. The molecular weight excluding hydrogens is 365 g/mol. The lowest BCUT2D eigenvalue weighted by Crippen LogP contribution is -2.53. The number of fused-ring (bicyclic) bond motifs is 1. The largest absolute Gasteiger partial charge is 0.329 e. The van der Waals surface area contributed by atoms with Gasteiger partial charge in [-0.25, -0.2) is 14.2 Å². The molecule has 1 fully saturated rings. The van der Waals surface area contributed by atoms with Crippen molar-refractivity contribution in [1.82, 2.24) is 4.98 Å². The molecule has 4 nitrogen and oxygen atoms in total. The van der Waals surface area contributed by atoms with Crippen molar-refractivity contribution in [2.24, 2.45) is 0 Å². The molecule has 6 heteroatoms. The fourth-order valence-electron chi connectivity index (χ4n) is 4.03. The molecule has 2 aliphatic rings. The van der Waals surface area contributed by atoms with E-state index in [2.05, 4.69) is 11.6 Å². The third-order valence-electron chi connectivity index (χ3n) is 5.44. The first-order valence-corrected chi connectivity index (χ1v) is 9.50. The molecule has 1 aromatic carbocycles. The Morgan fingerprint density at radius 2 is 2.04 bits per heavy atom. The van der Waals surface area contributed by atoms with Crippen LogP contribution in [-0.4, -0.2) is 17.1 Å². The molecule has 0 saturated heterocycles. The van der Waals surface area contributed by atoms with E-state index in [0.29, 0.717) is 10.8 Å². The van der Waals surface area contributed by atoms with Crippen LogP contribution in [0.2, 0.25) is 5.15 Å². The maximum absolute atomic E-state index is 14.6. The normalized spacial score (nSPS) is 18.0. The van der Waals surface area contributed by atoms with E-state index in [1.807, 2.05) is 13.0 Å². The lowest BCUT2D eigenvalue weighted by molar-refractivity contribution is 0.245. The monoisotopic (exact) mass is 385 g/mol. The minimum Gasteiger partial charge on any atom is -0.290 e. The fourth-order valence-corrected chi connectivity index (χ4v) is 4.18. The van der Waals surface area contributed by atoms with Crippen LogP contribution in [0.1, 0.15) is 36.8 Å². The van der Waals surface area contributed by atoms with E-state index in [0.717, 1.165) is 42.5 Å². The van der Waals surface area contributed by atoms with Gasteiger partial charge in [0.2, 0.25) is 0 Å². The number of allylic oxidation sites excluding steroid dienone is 1. The SMILES string of the molecule is C=C1CCC(N2C(=O)N(c3c(C)cccc3F)Cc3cnc(Cl)cc32)CC1. The average molecular weight is 386 g/mol. The van der Waals surface area contributed by atoms with Crippen LogP contribution in [0.15, 0.2) is 42.6 Å². The van der Waals surface area contributed by atoms with Crippen LogP contribution < -0.4 is 9.80 Å². The Morgan fingerprint density at radius 3 is 2.74 bits per heavy atom. The number of amides is 2. The number of rotatable bonds is 2. The number of benzene rings is 1.